The summed E-state index contributed by atoms with van der Waals surface area (Å²) in [6.07, 6.45) is 1.09. The maximum absolute atomic E-state index is 12.9. The van der Waals surface area contributed by atoms with Gasteiger partial charge in [-0.05, 0) is 25.3 Å². The average molecular weight is 347 g/mol. The molecule has 7 nitrogen and oxygen atoms in total. The maximum atomic E-state index is 12.9. The second-order valence-corrected chi connectivity index (χ2v) is 5.85. The van der Waals surface area contributed by atoms with Crippen molar-refractivity contribution in [1.29, 1.82) is 0 Å². The lowest BCUT2D eigenvalue weighted by Gasteiger charge is -2.25. The number of imide groups is 1. The molecule has 4 amide bonds. The normalized spacial score (nSPS) is 19.8. The predicted molar refractivity (Wildman–Crippen MR) is 92.8 cm³/mol. The Bertz CT molecular complexity index is 620. The number of ether oxygens (including phenoxy) is 1. The Morgan fingerprint density at radius 3 is 2.60 bits per heavy atom. The zero-order chi connectivity index (χ0) is 18.3. The largest absolute Gasteiger partial charge is 0.382 e. The monoisotopic (exact) mass is 347 g/mol. The van der Waals surface area contributed by atoms with Crippen LogP contribution in [0, 0.1) is 0 Å². The summed E-state index contributed by atoms with van der Waals surface area (Å²) < 4.78 is 5.19. The molecule has 25 heavy (non-hydrogen) atoms. The number of carbonyl (C=O) groups excluding carboxylic acids is 3. The Morgan fingerprint density at radius 1 is 1.24 bits per heavy atom. The van der Waals surface area contributed by atoms with E-state index in [9.17, 15) is 14.4 Å². The minimum atomic E-state index is -1.10. The van der Waals surface area contributed by atoms with Gasteiger partial charge < -0.3 is 15.4 Å². The van der Waals surface area contributed by atoms with Crippen LogP contribution in [0.2, 0.25) is 0 Å². The average Bonchev–Trinajstić information content (AvgIpc) is 2.87. The van der Waals surface area contributed by atoms with Crippen LogP contribution in [0.25, 0.3) is 0 Å². The van der Waals surface area contributed by atoms with Crippen LogP contribution in [-0.2, 0) is 19.9 Å². The van der Waals surface area contributed by atoms with E-state index in [2.05, 4.69) is 10.6 Å². The fourth-order valence-electron chi connectivity index (χ4n) is 2.88. The molecular weight excluding hydrogens is 322 g/mol. The van der Waals surface area contributed by atoms with Crippen molar-refractivity contribution < 1.29 is 19.1 Å². The van der Waals surface area contributed by atoms with E-state index in [0.29, 0.717) is 32.6 Å². The van der Waals surface area contributed by atoms with E-state index in [0.717, 1.165) is 10.5 Å². The molecule has 2 rings (SSSR count). The van der Waals surface area contributed by atoms with Crippen molar-refractivity contribution in [2.45, 2.75) is 32.2 Å². The number of benzene rings is 1. The molecule has 136 valence electrons. The van der Waals surface area contributed by atoms with Crippen molar-refractivity contribution in [1.82, 2.24) is 15.5 Å². The van der Waals surface area contributed by atoms with Crippen molar-refractivity contribution >= 4 is 17.8 Å². The first-order valence-electron chi connectivity index (χ1n) is 8.59. The van der Waals surface area contributed by atoms with Crippen LogP contribution < -0.4 is 10.6 Å². The number of hydrogen-bond acceptors (Lipinski definition) is 4. The smallest absolute Gasteiger partial charge is 0.325 e. The highest BCUT2D eigenvalue weighted by Gasteiger charge is 2.51. The van der Waals surface area contributed by atoms with Crippen LogP contribution in [0.1, 0.15) is 32.3 Å². The van der Waals surface area contributed by atoms with E-state index in [1.807, 2.05) is 32.0 Å². The van der Waals surface area contributed by atoms with E-state index in [-0.39, 0.29) is 12.5 Å². The molecule has 0 spiro atoms. The van der Waals surface area contributed by atoms with Gasteiger partial charge in [-0.15, -0.1) is 0 Å². The van der Waals surface area contributed by atoms with Crippen molar-refractivity contribution in [2.24, 2.45) is 0 Å². The van der Waals surface area contributed by atoms with Gasteiger partial charge in [0.05, 0.1) is 0 Å². The lowest BCUT2D eigenvalue weighted by molar-refractivity contribution is -0.135. The van der Waals surface area contributed by atoms with Crippen LogP contribution in [0.4, 0.5) is 4.79 Å². The molecule has 1 aliphatic rings. The maximum Gasteiger partial charge on any atom is 0.325 e. The second-order valence-electron chi connectivity index (χ2n) is 5.85. The summed E-state index contributed by atoms with van der Waals surface area (Å²) in [5.41, 5.74) is -0.386. The number of carbonyl (C=O) groups is 3. The molecule has 1 saturated heterocycles. The standard InChI is InChI=1S/C18H25N3O4/c1-3-18(14-9-6-5-7-10-14)16(23)21(17(24)20-18)13-15(22)19-11-8-12-25-4-2/h5-7,9-10H,3-4,8,11-13H2,1-2H3,(H,19,22)(H,20,24)/t18-/m1/s1. The molecule has 1 atom stereocenters. The van der Waals surface area contributed by atoms with Crippen molar-refractivity contribution in [3.05, 3.63) is 35.9 Å². The minimum Gasteiger partial charge on any atom is -0.382 e. The van der Waals surface area contributed by atoms with Crippen LogP contribution in [-0.4, -0.2) is 49.0 Å². The molecule has 0 aliphatic carbocycles. The number of nitrogens with zero attached hydrogens (tertiary/aromatic N) is 1. The van der Waals surface area contributed by atoms with E-state index in [1.54, 1.807) is 12.1 Å². The van der Waals surface area contributed by atoms with Crippen LogP contribution in [0.5, 0.6) is 0 Å². The third-order valence-electron chi connectivity index (χ3n) is 4.27. The van der Waals surface area contributed by atoms with Gasteiger partial charge in [-0.1, -0.05) is 37.3 Å². The van der Waals surface area contributed by atoms with Crippen LogP contribution in [0.15, 0.2) is 30.3 Å². The molecule has 1 aromatic carbocycles. The van der Waals surface area contributed by atoms with Gasteiger partial charge >= 0.3 is 6.03 Å². The van der Waals surface area contributed by atoms with Gasteiger partial charge in [-0.25, -0.2) is 4.79 Å². The van der Waals surface area contributed by atoms with Crippen molar-refractivity contribution in [2.75, 3.05) is 26.3 Å². The first-order chi connectivity index (χ1) is 12.0. The topological polar surface area (TPSA) is 87.7 Å². The molecule has 0 aromatic heterocycles. The Kier molecular flexibility index (Phi) is 6.52. The third kappa shape index (κ3) is 4.17. The number of amides is 4. The van der Waals surface area contributed by atoms with Gasteiger partial charge in [0.15, 0.2) is 0 Å². The summed E-state index contributed by atoms with van der Waals surface area (Å²) in [6, 6.07) is 8.56. The lowest BCUT2D eigenvalue weighted by Crippen LogP contribution is -2.44. The number of urea groups is 1. The highest BCUT2D eigenvalue weighted by Crippen LogP contribution is 2.32. The summed E-state index contributed by atoms with van der Waals surface area (Å²) in [4.78, 5) is 38.2. The van der Waals surface area contributed by atoms with E-state index in [4.69, 9.17) is 4.74 Å². The highest BCUT2D eigenvalue weighted by atomic mass is 16.5. The second kappa shape index (κ2) is 8.62. The molecule has 0 unspecified atom stereocenters. The van der Waals surface area contributed by atoms with Gasteiger partial charge in [0, 0.05) is 19.8 Å². The molecule has 1 aromatic rings. The molecule has 2 N–H and O–H groups in total. The molecule has 0 bridgehead atoms. The predicted octanol–water partition coefficient (Wildman–Crippen LogP) is 1.39. The fraction of sp³-hybridized carbons (Fsp3) is 0.500. The summed E-state index contributed by atoms with van der Waals surface area (Å²) >= 11 is 0. The molecule has 1 fully saturated rings. The van der Waals surface area contributed by atoms with Crippen LogP contribution in [0.3, 0.4) is 0 Å². The SMILES string of the molecule is CCOCCCNC(=O)CN1C(=O)N[C@](CC)(c2ccccc2)C1=O. The highest BCUT2D eigenvalue weighted by molar-refractivity contribution is 6.09. The van der Waals surface area contributed by atoms with Gasteiger partial charge in [-0.3, -0.25) is 14.5 Å². The minimum absolute atomic E-state index is 0.284. The van der Waals surface area contributed by atoms with Gasteiger partial charge in [-0.2, -0.15) is 0 Å². The fourth-order valence-corrected chi connectivity index (χ4v) is 2.88. The quantitative estimate of drug-likeness (QED) is 0.522. The van der Waals surface area contributed by atoms with E-state index in [1.165, 1.54) is 0 Å². The zero-order valence-electron chi connectivity index (χ0n) is 14.7. The van der Waals surface area contributed by atoms with E-state index >= 15 is 0 Å². The van der Waals surface area contributed by atoms with Gasteiger partial charge in [0.25, 0.3) is 5.91 Å². The van der Waals surface area contributed by atoms with Crippen molar-refractivity contribution in [3.63, 3.8) is 0 Å². The third-order valence-corrected chi connectivity index (χ3v) is 4.27. The molecule has 7 heteroatoms. The Morgan fingerprint density at radius 2 is 1.96 bits per heavy atom. The van der Waals surface area contributed by atoms with E-state index < -0.39 is 17.5 Å². The molecule has 0 radical (unpaired) electrons. The summed E-state index contributed by atoms with van der Waals surface area (Å²) in [7, 11) is 0. The Hall–Kier alpha value is -2.41. The summed E-state index contributed by atoms with van der Waals surface area (Å²) in [5, 5.41) is 5.46. The summed E-state index contributed by atoms with van der Waals surface area (Å²) in [5.74, 6) is -0.754. The molecule has 1 heterocycles. The lowest BCUT2D eigenvalue weighted by atomic mass is 9.87. The molecule has 0 saturated carbocycles. The first-order valence-corrected chi connectivity index (χ1v) is 8.59. The molecular formula is C18H25N3O4. The Labute approximate surface area is 147 Å². The van der Waals surface area contributed by atoms with Crippen LogP contribution >= 0.6 is 0 Å². The number of nitrogens with one attached hydrogen (secondary N) is 2. The zero-order valence-corrected chi connectivity index (χ0v) is 14.7. The van der Waals surface area contributed by atoms with Crippen molar-refractivity contribution in [3.8, 4) is 0 Å². The number of rotatable bonds is 9. The molecule has 1 aliphatic heterocycles. The summed E-state index contributed by atoms with van der Waals surface area (Å²) in [6.45, 7) is 5.10. The van der Waals surface area contributed by atoms with Gasteiger partial charge in [0.1, 0.15) is 12.1 Å². The Balaban J connectivity index is 2.00. The first kappa shape index (κ1) is 18.9. The number of hydrogen-bond donors (Lipinski definition) is 2. The van der Waals surface area contributed by atoms with Gasteiger partial charge in [0.2, 0.25) is 5.91 Å².